The molecule has 0 aliphatic rings. The Hall–Kier alpha value is -1.18. The number of benzene rings is 1. The van der Waals surface area contributed by atoms with Crippen LogP contribution in [0.15, 0.2) is 24.2 Å². The summed E-state index contributed by atoms with van der Waals surface area (Å²) in [5, 5.41) is 0. The molecule has 1 rings (SSSR count). The molecule has 0 aliphatic heterocycles. The molecular formula is C8H10O2. The van der Waals surface area contributed by atoms with Gasteiger partial charge in [-0.3, -0.25) is 0 Å². The van der Waals surface area contributed by atoms with Gasteiger partial charge in [0.1, 0.15) is 0 Å². The van der Waals surface area contributed by atoms with Crippen LogP contribution in [0.2, 0.25) is 0 Å². The molecule has 0 bridgehead atoms. The van der Waals surface area contributed by atoms with E-state index in [1.54, 1.807) is 0 Å². The van der Waals surface area contributed by atoms with Crippen molar-refractivity contribution in [2.24, 2.45) is 0 Å². The summed E-state index contributed by atoms with van der Waals surface area (Å²) in [6.07, 6.45) is 0. The van der Waals surface area contributed by atoms with Crippen molar-refractivity contribution < 1.29 is 23.2 Å². The van der Waals surface area contributed by atoms with Gasteiger partial charge in [-0.15, -0.1) is 0 Å². The van der Waals surface area contributed by atoms with Crippen LogP contribution in [-0.4, -0.2) is 14.1 Å². The van der Waals surface area contributed by atoms with Crippen molar-refractivity contribution >= 4 is 0 Å². The number of para-hydroxylation sites is 2. The van der Waals surface area contributed by atoms with Crippen molar-refractivity contribution in [2.45, 2.75) is 0 Å². The van der Waals surface area contributed by atoms with Gasteiger partial charge in [0.05, 0.1) is 27.8 Å². The Bertz CT molecular complexity index is 471. The molecule has 54 valence electrons. The van der Waals surface area contributed by atoms with Gasteiger partial charge in [0, 0.05) is 0 Å². The van der Waals surface area contributed by atoms with Gasteiger partial charge in [0.2, 0.25) is 0 Å². The first-order chi connectivity index (χ1) is 8.83. The fourth-order valence-corrected chi connectivity index (χ4v) is 0.433. The lowest BCUT2D eigenvalue weighted by molar-refractivity contribution is 0.355. The summed E-state index contributed by atoms with van der Waals surface area (Å²) in [6.45, 7) is 0. The third-order valence-electron chi connectivity index (χ3n) is 0.825. The molecule has 1 aromatic carbocycles. The third kappa shape index (κ3) is 1.21. The van der Waals surface area contributed by atoms with Gasteiger partial charge < -0.3 is 9.47 Å². The first-order valence-corrected chi connectivity index (χ1v) is 2.32. The lowest BCUT2D eigenvalue weighted by Gasteiger charge is -2.04. The highest BCUT2D eigenvalue weighted by molar-refractivity contribution is 5.38. The standard InChI is InChI=1S/C8H10O2/c1-9-7-5-3-4-6-8(7)10-2/h3-6H,1-2H3/i1D3,2D3,3D,4D,5D,6D. The molecular weight excluding hydrogens is 128 g/mol. The molecule has 2 nitrogen and oxygen atoms in total. The summed E-state index contributed by atoms with van der Waals surface area (Å²) >= 11 is 0. The van der Waals surface area contributed by atoms with Crippen LogP contribution < -0.4 is 9.47 Å². The Morgan fingerprint density at radius 2 is 1.70 bits per heavy atom. The second kappa shape index (κ2) is 3.11. The molecule has 0 saturated heterocycles. The maximum absolute atomic E-state index is 7.53. The van der Waals surface area contributed by atoms with Gasteiger partial charge in [-0.05, 0) is 12.1 Å². The van der Waals surface area contributed by atoms with Crippen molar-refractivity contribution in [3.63, 3.8) is 0 Å². The van der Waals surface area contributed by atoms with Crippen molar-refractivity contribution in [3.05, 3.63) is 24.2 Å². The first-order valence-electron chi connectivity index (χ1n) is 7.32. The van der Waals surface area contributed by atoms with Crippen LogP contribution in [0.25, 0.3) is 0 Å². The minimum absolute atomic E-state index is 0.757. The zero-order valence-electron chi connectivity index (χ0n) is 14.8. The van der Waals surface area contributed by atoms with Crippen LogP contribution in [0.1, 0.15) is 13.7 Å². The number of hydrogen-bond donors (Lipinski definition) is 0. The molecule has 0 radical (unpaired) electrons. The molecule has 0 N–H and O–H groups in total. The van der Waals surface area contributed by atoms with Crippen molar-refractivity contribution in [1.29, 1.82) is 0 Å². The highest BCUT2D eigenvalue weighted by atomic mass is 16.5. The van der Waals surface area contributed by atoms with E-state index in [0.717, 1.165) is 0 Å². The Kier molecular flexibility index (Phi) is 0.473. The van der Waals surface area contributed by atoms with Crippen molar-refractivity contribution in [3.8, 4) is 11.5 Å². The monoisotopic (exact) mass is 148 g/mol. The molecule has 0 unspecified atom stereocenters. The van der Waals surface area contributed by atoms with E-state index in [1.165, 1.54) is 0 Å². The molecule has 0 spiro atoms. The molecule has 0 aliphatic carbocycles. The third-order valence-corrected chi connectivity index (χ3v) is 0.825. The molecule has 10 heavy (non-hydrogen) atoms. The number of rotatable bonds is 2. The van der Waals surface area contributed by atoms with Crippen LogP contribution >= 0.6 is 0 Å². The minimum atomic E-state index is -3.02. The molecule has 0 aromatic heterocycles. The average Bonchev–Trinajstić information content (AvgIpc) is 2.25. The van der Waals surface area contributed by atoms with Crippen LogP contribution in [-0.2, 0) is 0 Å². The van der Waals surface area contributed by atoms with Crippen molar-refractivity contribution in [1.82, 2.24) is 0 Å². The normalized spacial score (nSPS) is 26.0. The predicted molar refractivity (Wildman–Crippen MR) is 39.5 cm³/mol. The minimum Gasteiger partial charge on any atom is -0.493 e. The maximum Gasteiger partial charge on any atom is 0.160 e. The van der Waals surface area contributed by atoms with Crippen LogP contribution in [0, 0.1) is 0 Å². The summed E-state index contributed by atoms with van der Waals surface area (Å²) in [4.78, 5) is 0. The summed E-state index contributed by atoms with van der Waals surface area (Å²) in [5.74, 6) is -1.74. The predicted octanol–water partition coefficient (Wildman–Crippen LogP) is 1.70. The molecule has 0 saturated carbocycles. The maximum atomic E-state index is 7.53. The molecule has 0 atom stereocenters. The van der Waals surface area contributed by atoms with Crippen molar-refractivity contribution in [2.75, 3.05) is 14.1 Å². The zero-order chi connectivity index (χ0) is 15.9. The summed E-state index contributed by atoms with van der Waals surface area (Å²) < 4.78 is 80.5. The highest BCUT2D eigenvalue weighted by Gasteiger charge is 1.97. The smallest absolute Gasteiger partial charge is 0.160 e. The fraction of sp³-hybridized carbons (Fsp3) is 0.250. The summed E-state index contributed by atoms with van der Waals surface area (Å²) in [5.41, 5.74) is 0. The van der Waals surface area contributed by atoms with E-state index < -0.39 is 49.7 Å². The SMILES string of the molecule is [2H]c1c([2H])c([2H])c(OC([2H])([2H])[2H])c(OC([2H])([2H])[2H])c1[2H]. The Morgan fingerprint density at radius 1 is 1.20 bits per heavy atom. The lowest BCUT2D eigenvalue weighted by atomic mass is 10.3. The molecule has 0 amide bonds. The number of methoxy groups -OCH3 is 2. The van der Waals surface area contributed by atoms with E-state index in [-0.39, 0.29) is 0 Å². The average molecular weight is 148 g/mol. The van der Waals surface area contributed by atoms with E-state index >= 15 is 0 Å². The molecule has 0 heterocycles. The van der Waals surface area contributed by atoms with E-state index in [0.29, 0.717) is 0 Å². The van der Waals surface area contributed by atoms with E-state index in [1.807, 2.05) is 0 Å². The molecule has 0 fully saturated rings. The van der Waals surface area contributed by atoms with Crippen LogP contribution in [0.3, 0.4) is 0 Å². The van der Waals surface area contributed by atoms with E-state index in [9.17, 15) is 0 Å². The lowest BCUT2D eigenvalue weighted by Crippen LogP contribution is -1.88. The second-order valence-corrected chi connectivity index (χ2v) is 1.36. The van der Waals surface area contributed by atoms with Gasteiger partial charge in [0.15, 0.2) is 11.5 Å². The Labute approximate surface area is 74.4 Å². The largest absolute Gasteiger partial charge is 0.493 e. The Morgan fingerprint density at radius 3 is 2.10 bits per heavy atom. The van der Waals surface area contributed by atoms with E-state index in [2.05, 4.69) is 9.47 Å². The zero-order valence-corrected chi connectivity index (χ0v) is 4.82. The topological polar surface area (TPSA) is 18.5 Å². The quantitative estimate of drug-likeness (QED) is 0.635. The summed E-state index contributed by atoms with van der Waals surface area (Å²) in [7, 11) is -6.05. The molecule has 1 aromatic rings. The van der Waals surface area contributed by atoms with Gasteiger partial charge >= 0.3 is 0 Å². The highest BCUT2D eigenvalue weighted by Crippen LogP contribution is 2.24. The van der Waals surface area contributed by atoms with Crippen LogP contribution in [0.4, 0.5) is 0 Å². The van der Waals surface area contributed by atoms with Crippen LogP contribution in [0.5, 0.6) is 11.5 Å². The van der Waals surface area contributed by atoms with Gasteiger partial charge in [-0.1, -0.05) is 12.1 Å². The fourth-order valence-electron chi connectivity index (χ4n) is 0.433. The number of hydrogen-bond acceptors (Lipinski definition) is 2. The van der Waals surface area contributed by atoms with Gasteiger partial charge in [-0.2, -0.15) is 0 Å². The summed E-state index contributed by atoms with van der Waals surface area (Å²) in [6, 6.07) is -3.18. The molecule has 2 heteroatoms. The van der Waals surface area contributed by atoms with Gasteiger partial charge in [0.25, 0.3) is 0 Å². The Balaban J connectivity index is 3.52. The number of ether oxygens (including phenoxy) is 2. The first kappa shape index (κ1) is 1.52. The van der Waals surface area contributed by atoms with Gasteiger partial charge in [-0.25, -0.2) is 0 Å². The second-order valence-electron chi connectivity index (χ2n) is 1.36. The van der Waals surface area contributed by atoms with E-state index in [4.69, 9.17) is 13.7 Å².